The minimum atomic E-state index is -0.463. The van der Waals surface area contributed by atoms with Crippen LogP contribution in [0.2, 0.25) is 0 Å². The van der Waals surface area contributed by atoms with E-state index < -0.39 is 6.10 Å². The zero-order valence-corrected chi connectivity index (χ0v) is 14.0. The molecule has 0 radical (unpaired) electrons. The maximum absolute atomic E-state index is 10.2. The van der Waals surface area contributed by atoms with Crippen LogP contribution in [-0.4, -0.2) is 23.4 Å². The monoisotopic (exact) mass is 319 g/mol. The van der Waals surface area contributed by atoms with Crippen molar-refractivity contribution in [2.75, 3.05) is 13.2 Å². The van der Waals surface area contributed by atoms with Crippen molar-refractivity contribution < 1.29 is 10.2 Å². The fraction of sp³-hybridized carbons (Fsp3) is 0.444. The standard InChI is InChI=1S/C18H25NO2S/c1-18(2,13-20)17(16-9-6-12-22-16)19-11-10-15(21)14-7-4-3-5-8-14/h3-9,12,15,17,19-21H,10-11,13H2,1-2H3/t15-,17?/m0/s1. The van der Waals surface area contributed by atoms with Gasteiger partial charge in [0, 0.05) is 16.3 Å². The normalized spacial score (nSPS) is 14.7. The van der Waals surface area contributed by atoms with Crippen LogP contribution in [0.3, 0.4) is 0 Å². The number of benzene rings is 1. The molecule has 0 saturated heterocycles. The second-order valence-electron chi connectivity index (χ2n) is 6.26. The predicted octanol–water partition coefficient (Wildman–Crippen LogP) is 3.52. The summed E-state index contributed by atoms with van der Waals surface area (Å²) in [4.78, 5) is 1.22. The van der Waals surface area contributed by atoms with Crippen LogP contribution in [-0.2, 0) is 0 Å². The topological polar surface area (TPSA) is 52.5 Å². The molecule has 2 rings (SSSR count). The lowest BCUT2D eigenvalue weighted by atomic mass is 9.84. The molecule has 120 valence electrons. The molecule has 1 aromatic heterocycles. The average Bonchev–Trinajstić information content (AvgIpc) is 3.05. The van der Waals surface area contributed by atoms with Crippen LogP contribution in [0.1, 0.15) is 42.9 Å². The fourth-order valence-corrected chi connectivity index (χ4v) is 3.52. The molecular weight excluding hydrogens is 294 g/mol. The highest BCUT2D eigenvalue weighted by atomic mass is 32.1. The highest BCUT2D eigenvalue weighted by molar-refractivity contribution is 7.10. The van der Waals surface area contributed by atoms with Gasteiger partial charge in [0.05, 0.1) is 12.7 Å². The van der Waals surface area contributed by atoms with Crippen molar-refractivity contribution in [3.8, 4) is 0 Å². The molecule has 1 heterocycles. The summed E-state index contributed by atoms with van der Waals surface area (Å²) < 4.78 is 0. The van der Waals surface area contributed by atoms with Crippen molar-refractivity contribution in [1.29, 1.82) is 0 Å². The van der Waals surface area contributed by atoms with Gasteiger partial charge in [0.25, 0.3) is 0 Å². The molecule has 3 nitrogen and oxygen atoms in total. The van der Waals surface area contributed by atoms with Crippen LogP contribution in [0.15, 0.2) is 47.8 Å². The third-order valence-corrected chi connectivity index (χ3v) is 4.90. The van der Waals surface area contributed by atoms with Crippen LogP contribution < -0.4 is 5.32 Å². The lowest BCUT2D eigenvalue weighted by molar-refractivity contribution is 0.111. The average molecular weight is 319 g/mol. The Morgan fingerprint density at radius 2 is 1.86 bits per heavy atom. The van der Waals surface area contributed by atoms with Crippen LogP contribution in [0.25, 0.3) is 0 Å². The van der Waals surface area contributed by atoms with Gasteiger partial charge in [-0.1, -0.05) is 50.2 Å². The first-order chi connectivity index (χ1) is 10.5. The predicted molar refractivity (Wildman–Crippen MR) is 91.9 cm³/mol. The number of rotatable bonds is 8. The molecule has 2 atom stereocenters. The molecule has 4 heteroatoms. The number of aliphatic hydroxyl groups is 2. The van der Waals surface area contributed by atoms with Gasteiger partial charge in [0.2, 0.25) is 0 Å². The fourth-order valence-electron chi connectivity index (χ4n) is 2.52. The molecule has 1 aromatic carbocycles. The van der Waals surface area contributed by atoms with Gasteiger partial charge in [-0.05, 0) is 30.0 Å². The van der Waals surface area contributed by atoms with E-state index in [0.717, 1.165) is 5.56 Å². The van der Waals surface area contributed by atoms with E-state index in [-0.39, 0.29) is 18.1 Å². The maximum Gasteiger partial charge on any atom is 0.0802 e. The van der Waals surface area contributed by atoms with Gasteiger partial charge in [-0.15, -0.1) is 11.3 Å². The molecule has 0 saturated carbocycles. The Kier molecular flexibility index (Phi) is 6.15. The van der Waals surface area contributed by atoms with E-state index in [2.05, 4.69) is 30.6 Å². The van der Waals surface area contributed by atoms with E-state index in [9.17, 15) is 10.2 Å². The minimum Gasteiger partial charge on any atom is -0.396 e. The Balaban J connectivity index is 1.95. The molecule has 2 aromatic rings. The smallest absolute Gasteiger partial charge is 0.0802 e. The van der Waals surface area contributed by atoms with Crippen LogP contribution in [0.5, 0.6) is 0 Å². The number of hydrogen-bond acceptors (Lipinski definition) is 4. The molecule has 0 aliphatic carbocycles. The van der Waals surface area contributed by atoms with Crippen molar-refractivity contribution in [1.82, 2.24) is 5.32 Å². The van der Waals surface area contributed by atoms with Gasteiger partial charge in [-0.25, -0.2) is 0 Å². The van der Waals surface area contributed by atoms with Gasteiger partial charge in [0.1, 0.15) is 0 Å². The number of nitrogens with one attached hydrogen (secondary N) is 1. The summed E-state index contributed by atoms with van der Waals surface area (Å²) in [6, 6.07) is 13.9. The largest absolute Gasteiger partial charge is 0.396 e. The van der Waals surface area contributed by atoms with Crippen LogP contribution >= 0.6 is 11.3 Å². The van der Waals surface area contributed by atoms with E-state index in [1.54, 1.807) is 11.3 Å². The van der Waals surface area contributed by atoms with Crippen molar-refractivity contribution in [3.05, 3.63) is 58.3 Å². The molecule has 0 aliphatic heterocycles. The first-order valence-electron chi connectivity index (χ1n) is 7.65. The van der Waals surface area contributed by atoms with E-state index in [0.29, 0.717) is 13.0 Å². The Morgan fingerprint density at radius 1 is 1.14 bits per heavy atom. The first kappa shape index (κ1) is 17.2. The van der Waals surface area contributed by atoms with Gasteiger partial charge >= 0.3 is 0 Å². The molecule has 0 bridgehead atoms. The number of aliphatic hydroxyl groups excluding tert-OH is 2. The van der Waals surface area contributed by atoms with E-state index in [1.807, 2.05) is 36.4 Å². The summed E-state index contributed by atoms with van der Waals surface area (Å²) in [6.07, 6.45) is 0.183. The summed E-state index contributed by atoms with van der Waals surface area (Å²) in [7, 11) is 0. The molecule has 1 unspecified atom stereocenters. The van der Waals surface area contributed by atoms with Gasteiger partial charge in [-0.3, -0.25) is 0 Å². The second kappa shape index (κ2) is 7.88. The van der Waals surface area contributed by atoms with E-state index in [4.69, 9.17) is 0 Å². The highest BCUT2D eigenvalue weighted by Crippen LogP contribution is 2.35. The first-order valence-corrected chi connectivity index (χ1v) is 8.53. The summed E-state index contributed by atoms with van der Waals surface area (Å²) >= 11 is 1.69. The minimum absolute atomic E-state index is 0.0838. The van der Waals surface area contributed by atoms with E-state index >= 15 is 0 Å². The van der Waals surface area contributed by atoms with Gasteiger partial charge in [-0.2, -0.15) is 0 Å². The Hall–Kier alpha value is -1.20. The second-order valence-corrected chi connectivity index (χ2v) is 7.24. The molecule has 0 spiro atoms. The zero-order valence-electron chi connectivity index (χ0n) is 13.2. The number of hydrogen-bond donors (Lipinski definition) is 3. The van der Waals surface area contributed by atoms with Crippen molar-refractivity contribution in [2.24, 2.45) is 5.41 Å². The zero-order chi connectivity index (χ0) is 16.0. The van der Waals surface area contributed by atoms with E-state index in [1.165, 1.54) is 4.88 Å². The molecule has 0 fully saturated rings. The quantitative estimate of drug-likeness (QED) is 0.698. The van der Waals surface area contributed by atoms with Crippen LogP contribution in [0.4, 0.5) is 0 Å². The summed E-state index contributed by atoms with van der Waals surface area (Å²) in [5.74, 6) is 0. The summed E-state index contributed by atoms with van der Waals surface area (Å²) in [5, 5.41) is 25.5. The molecular formula is C18H25NO2S. The van der Waals surface area contributed by atoms with Gasteiger partial charge in [0.15, 0.2) is 0 Å². The highest BCUT2D eigenvalue weighted by Gasteiger charge is 2.30. The van der Waals surface area contributed by atoms with Gasteiger partial charge < -0.3 is 15.5 Å². The number of thiophene rings is 1. The third-order valence-electron chi connectivity index (χ3n) is 3.97. The molecule has 3 N–H and O–H groups in total. The maximum atomic E-state index is 10.2. The summed E-state index contributed by atoms with van der Waals surface area (Å²) in [5.41, 5.74) is 0.695. The SMILES string of the molecule is CC(C)(CO)C(NCC[C@H](O)c1ccccc1)c1cccs1. The van der Waals surface area contributed by atoms with Crippen molar-refractivity contribution >= 4 is 11.3 Å². The molecule has 22 heavy (non-hydrogen) atoms. The molecule has 0 amide bonds. The Morgan fingerprint density at radius 3 is 2.45 bits per heavy atom. The van der Waals surface area contributed by atoms with Crippen LogP contribution in [0, 0.1) is 5.41 Å². The lowest BCUT2D eigenvalue weighted by Gasteiger charge is -2.33. The third kappa shape index (κ3) is 4.40. The lowest BCUT2D eigenvalue weighted by Crippen LogP contribution is -2.37. The molecule has 0 aliphatic rings. The summed E-state index contributed by atoms with van der Waals surface area (Å²) in [6.45, 7) is 4.92. The van der Waals surface area contributed by atoms with Crippen molar-refractivity contribution in [2.45, 2.75) is 32.4 Å². The van der Waals surface area contributed by atoms with Crippen molar-refractivity contribution in [3.63, 3.8) is 0 Å². The Labute approximate surface area is 136 Å². The Bertz CT molecular complexity index is 539.